The van der Waals surface area contributed by atoms with E-state index in [2.05, 4.69) is 10.6 Å². The van der Waals surface area contributed by atoms with Crippen molar-refractivity contribution in [1.29, 1.82) is 0 Å². The van der Waals surface area contributed by atoms with Gasteiger partial charge in [0.25, 0.3) is 5.91 Å². The third-order valence-electron chi connectivity index (χ3n) is 4.86. The first-order chi connectivity index (χ1) is 16.9. The molecular formula is C23H18Cl3F5I2N2O2. The SMILES string of the molecule is Cc1cc(/C(F)=C/C(c2cc(Cl)c(Cl)c(Cl)c2)C(F)(F)F)ccc1C(=O)N[C@H](C)NC(=O)CC(F)(I)I. The van der Waals surface area contributed by atoms with Gasteiger partial charge in [0.15, 0.2) is 0 Å². The van der Waals surface area contributed by atoms with Crippen molar-refractivity contribution in [2.75, 3.05) is 0 Å². The van der Waals surface area contributed by atoms with Crippen molar-refractivity contribution in [3.63, 3.8) is 0 Å². The molecular weight excluding hydrogens is 791 g/mol. The zero-order chi connectivity index (χ0) is 28.3. The number of hydrogen-bond acceptors (Lipinski definition) is 2. The first-order valence-corrected chi connectivity index (χ1v) is 13.5. The molecule has 0 heterocycles. The van der Waals surface area contributed by atoms with Gasteiger partial charge < -0.3 is 10.6 Å². The molecule has 0 aliphatic rings. The second-order valence-electron chi connectivity index (χ2n) is 7.92. The van der Waals surface area contributed by atoms with Gasteiger partial charge in [0.1, 0.15) is 11.7 Å². The molecule has 2 atom stereocenters. The summed E-state index contributed by atoms with van der Waals surface area (Å²) in [5, 5.41) is 4.38. The van der Waals surface area contributed by atoms with Crippen molar-refractivity contribution in [3.8, 4) is 0 Å². The van der Waals surface area contributed by atoms with Crippen LogP contribution in [0.3, 0.4) is 0 Å². The van der Waals surface area contributed by atoms with Crippen LogP contribution in [0.15, 0.2) is 36.4 Å². The van der Waals surface area contributed by atoms with Gasteiger partial charge in [-0.25, -0.2) is 8.78 Å². The fourth-order valence-electron chi connectivity index (χ4n) is 3.23. The Morgan fingerprint density at radius 2 is 1.59 bits per heavy atom. The van der Waals surface area contributed by atoms with E-state index in [1.165, 1.54) is 71.2 Å². The van der Waals surface area contributed by atoms with E-state index in [4.69, 9.17) is 34.8 Å². The molecule has 0 fully saturated rings. The lowest BCUT2D eigenvalue weighted by Gasteiger charge is -2.19. The van der Waals surface area contributed by atoms with Gasteiger partial charge in [-0.15, -0.1) is 0 Å². The first-order valence-electron chi connectivity index (χ1n) is 10.3. The molecule has 202 valence electrons. The molecule has 37 heavy (non-hydrogen) atoms. The summed E-state index contributed by atoms with van der Waals surface area (Å²) in [5.74, 6) is -4.82. The number of aryl methyl sites for hydroxylation is 1. The van der Waals surface area contributed by atoms with Gasteiger partial charge in [-0.3, -0.25) is 9.59 Å². The molecule has 0 bridgehead atoms. The predicted molar refractivity (Wildman–Crippen MR) is 152 cm³/mol. The summed E-state index contributed by atoms with van der Waals surface area (Å²) in [7, 11) is 0. The zero-order valence-electron chi connectivity index (χ0n) is 18.9. The molecule has 0 aliphatic heterocycles. The van der Waals surface area contributed by atoms with E-state index in [0.717, 1.165) is 18.2 Å². The molecule has 0 aliphatic carbocycles. The normalized spacial score (nSPS) is 14.2. The highest BCUT2D eigenvalue weighted by Crippen LogP contribution is 2.42. The van der Waals surface area contributed by atoms with Crippen LogP contribution >= 0.6 is 80.0 Å². The van der Waals surface area contributed by atoms with Gasteiger partial charge >= 0.3 is 6.18 Å². The minimum Gasteiger partial charge on any atom is -0.336 e. The van der Waals surface area contributed by atoms with E-state index < -0.39 is 49.6 Å². The molecule has 2 aromatic carbocycles. The highest BCUT2D eigenvalue weighted by Gasteiger charge is 2.40. The molecule has 0 saturated heterocycles. The molecule has 0 aromatic heterocycles. The van der Waals surface area contributed by atoms with Gasteiger partial charge in [0, 0.05) is 11.1 Å². The minimum atomic E-state index is -4.87. The number of hydrogen-bond donors (Lipinski definition) is 2. The van der Waals surface area contributed by atoms with Crippen LogP contribution < -0.4 is 10.6 Å². The molecule has 0 radical (unpaired) electrons. The molecule has 2 aromatic rings. The molecule has 0 spiro atoms. The number of alkyl halides is 6. The van der Waals surface area contributed by atoms with Gasteiger partial charge in [-0.05, 0) is 100 Å². The van der Waals surface area contributed by atoms with Crippen molar-refractivity contribution in [1.82, 2.24) is 10.6 Å². The average Bonchev–Trinajstić information content (AvgIpc) is 2.72. The Labute approximate surface area is 251 Å². The summed E-state index contributed by atoms with van der Waals surface area (Å²) >= 11 is 20.4. The molecule has 4 nitrogen and oxygen atoms in total. The number of halogens is 10. The quantitative estimate of drug-likeness (QED) is 0.0923. The number of benzene rings is 2. The van der Waals surface area contributed by atoms with Crippen molar-refractivity contribution < 1.29 is 31.5 Å². The predicted octanol–water partition coefficient (Wildman–Crippen LogP) is 8.69. The van der Waals surface area contributed by atoms with E-state index in [0.29, 0.717) is 6.08 Å². The van der Waals surface area contributed by atoms with Gasteiger partial charge in [0.2, 0.25) is 7.59 Å². The zero-order valence-corrected chi connectivity index (χ0v) is 25.5. The van der Waals surface area contributed by atoms with Gasteiger partial charge in [-0.1, -0.05) is 40.9 Å². The van der Waals surface area contributed by atoms with Crippen LogP contribution in [0, 0.1) is 6.92 Å². The van der Waals surface area contributed by atoms with E-state index in [1.807, 2.05) is 0 Å². The first kappa shape index (κ1) is 32.3. The Morgan fingerprint density at radius 1 is 1.03 bits per heavy atom. The lowest BCUT2D eigenvalue weighted by molar-refractivity contribution is -0.139. The fourth-order valence-corrected chi connectivity index (χ4v) is 4.53. The highest BCUT2D eigenvalue weighted by molar-refractivity contribution is 14.2. The van der Waals surface area contributed by atoms with Crippen molar-refractivity contribution in [2.45, 2.75) is 40.2 Å². The number of rotatable bonds is 8. The Kier molecular flexibility index (Phi) is 11.3. The second-order valence-corrected chi connectivity index (χ2v) is 14.6. The summed E-state index contributed by atoms with van der Waals surface area (Å²) in [5.41, 5.74) is -0.232. The largest absolute Gasteiger partial charge is 0.399 e. The molecule has 1 unspecified atom stereocenters. The topological polar surface area (TPSA) is 58.2 Å². The maximum atomic E-state index is 15.0. The Bertz CT molecular complexity index is 1200. The number of allylic oxidation sites excluding steroid dienone is 1. The summed E-state index contributed by atoms with van der Waals surface area (Å²) in [6.45, 7) is 2.94. The van der Waals surface area contributed by atoms with Gasteiger partial charge in [0.05, 0.1) is 27.7 Å². The van der Waals surface area contributed by atoms with E-state index in [-0.39, 0.29) is 31.8 Å². The fraction of sp³-hybridized carbons (Fsp3) is 0.304. The summed E-state index contributed by atoms with van der Waals surface area (Å²) < 4.78 is 68.0. The number of nitrogens with one attached hydrogen (secondary N) is 2. The van der Waals surface area contributed by atoms with E-state index in [1.54, 1.807) is 0 Å². The van der Waals surface area contributed by atoms with Crippen molar-refractivity contribution in [3.05, 3.63) is 73.7 Å². The lowest BCUT2D eigenvalue weighted by atomic mass is 9.95. The maximum absolute atomic E-state index is 15.0. The third-order valence-corrected chi connectivity index (χ3v) is 6.82. The minimum absolute atomic E-state index is 0.101. The highest BCUT2D eigenvalue weighted by atomic mass is 127. The van der Waals surface area contributed by atoms with Gasteiger partial charge in [-0.2, -0.15) is 13.2 Å². The van der Waals surface area contributed by atoms with Crippen LogP contribution in [-0.2, 0) is 4.79 Å². The smallest absolute Gasteiger partial charge is 0.336 e. The summed E-state index contributed by atoms with van der Waals surface area (Å²) in [6.07, 6.45) is -5.77. The molecule has 2 rings (SSSR count). The molecule has 2 N–H and O–H groups in total. The van der Waals surface area contributed by atoms with Crippen LogP contribution in [-0.4, -0.2) is 25.8 Å². The Hall–Kier alpha value is -0.900. The average molecular weight is 810 g/mol. The lowest BCUT2D eigenvalue weighted by Crippen LogP contribution is -2.46. The van der Waals surface area contributed by atoms with Crippen LogP contribution in [0.4, 0.5) is 22.0 Å². The number of carbonyl (C=O) groups excluding carboxylic acids is 2. The van der Waals surface area contributed by atoms with Crippen LogP contribution in [0.1, 0.15) is 46.3 Å². The standard InChI is InChI=1S/C23H18Cl3F5I2N2O2/c1-10-5-12(3-4-14(10)21(37)35-11(2)34-19(36)9-22(28,32)33)18(27)8-15(23(29,30)31)13-6-16(24)20(26)17(25)7-13/h3-8,11,15H,9H2,1-2H3,(H,34,36)(H,35,37)/b18-8-/t11-,15?/m1/s1. The Morgan fingerprint density at radius 3 is 2.08 bits per heavy atom. The molecule has 0 saturated carbocycles. The van der Waals surface area contributed by atoms with Crippen LogP contribution in [0.25, 0.3) is 5.83 Å². The monoisotopic (exact) mass is 808 g/mol. The summed E-state index contributed by atoms with van der Waals surface area (Å²) in [4.78, 5) is 24.4. The third kappa shape index (κ3) is 9.66. The van der Waals surface area contributed by atoms with E-state index >= 15 is 0 Å². The number of carbonyl (C=O) groups is 2. The second kappa shape index (κ2) is 13.0. The van der Waals surface area contributed by atoms with Crippen LogP contribution in [0.5, 0.6) is 0 Å². The Balaban J connectivity index is 2.26. The number of amides is 2. The molecule has 2 amide bonds. The van der Waals surface area contributed by atoms with Crippen LogP contribution in [0.2, 0.25) is 15.1 Å². The maximum Gasteiger partial charge on any atom is 0.399 e. The van der Waals surface area contributed by atoms with Crippen molar-refractivity contribution >= 4 is 97.6 Å². The van der Waals surface area contributed by atoms with E-state index in [9.17, 15) is 31.5 Å². The molecule has 14 heteroatoms. The summed E-state index contributed by atoms with van der Waals surface area (Å²) in [6, 6.07) is 5.52. The van der Waals surface area contributed by atoms with Crippen molar-refractivity contribution in [2.24, 2.45) is 0 Å².